The van der Waals surface area contributed by atoms with Crippen molar-refractivity contribution >= 4 is 28.9 Å². The largest absolute Gasteiger partial charge is 0.374 e. The molecule has 0 spiro atoms. The molecule has 2 rings (SSSR count). The van der Waals surface area contributed by atoms with Crippen molar-refractivity contribution in [2.24, 2.45) is 5.92 Å². The van der Waals surface area contributed by atoms with Gasteiger partial charge in [-0.05, 0) is 31.0 Å². The van der Waals surface area contributed by atoms with E-state index in [1.54, 1.807) is 24.3 Å². The highest BCUT2D eigenvalue weighted by molar-refractivity contribution is 6.35. The van der Waals surface area contributed by atoms with Crippen LogP contribution in [-0.4, -0.2) is 22.7 Å². The lowest BCUT2D eigenvalue weighted by molar-refractivity contribution is 0.123. The van der Waals surface area contributed by atoms with E-state index in [0.717, 1.165) is 0 Å². The van der Waals surface area contributed by atoms with E-state index in [9.17, 15) is 10.2 Å². The summed E-state index contributed by atoms with van der Waals surface area (Å²) in [5.74, 6) is -0.0322. The second-order valence-electron chi connectivity index (χ2n) is 4.45. The Morgan fingerprint density at radius 3 is 2.44 bits per heavy atom. The van der Waals surface area contributed by atoms with Crippen LogP contribution < -0.4 is 4.90 Å². The molecule has 98 valence electrons. The SMILES string of the molecule is C=CCC1CC(O)N(c2cc(Cl)cc(Cl)c2)C1O. The molecule has 5 heteroatoms. The third kappa shape index (κ3) is 2.64. The van der Waals surface area contributed by atoms with Gasteiger partial charge >= 0.3 is 0 Å². The zero-order chi connectivity index (χ0) is 13.3. The Hall–Kier alpha value is -0.740. The van der Waals surface area contributed by atoms with Gasteiger partial charge in [0.05, 0.1) is 0 Å². The quantitative estimate of drug-likeness (QED) is 0.840. The summed E-state index contributed by atoms with van der Waals surface area (Å²) in [5, 5.41) is 21.2. The van der Waals surface area contributed by atoms with Crippen molar-refractivity contribution in [3.05, 3.63) is 40.9 Å². The summed E-state index contributed by atoms with van der Waals surface area (Å²) in [6.45, 7) is 3.66. The predicted molar refractivity (Wildman–Crippen MR) is 73.9 cm³/mol. The van der Waals surface area contributed by atoms with Crippen molar-refractivity contribution in [1.29, 1.82) is 0 Å². The molecule has 0 bridgehead atoms. The molecular formula is C13H15Cl2NO2. The molecule has 0 aliphatic carbocycles. The number of nitrogens with zero attached hydrogens (tertiary/aromatic N) is 1. The first-order chi connectivity index (χ1) is 8.52. The number of anilines is 1. The second-order valence-corrected chi connectivity index (χ2v) is 5.32. The molecule has 1 saturated heterocycles. The van der Waals surface area contributed by atoms with Crippen LogP contribution in [0.4, 0.5) is 5.69 Å². The van der Waals surface area contributed by atoms with Gasteiger partial charge in [-0.1, -0.05) is 29.3 Å². The monoisotopic (exact) mass is 287 g/mol. The van der Waals surface area contributed by atoms with Gasteiger partial charge < -0.3 is 15.1 Å². The van der Waals surface area contributed by atoms with Gasteiger partial charge in [0, 0.05) is 21.7 Å². The Morgan fingerprint density at radius 2 is 1.89 bits per heavy atom. The molecule has 3 atom stereocenters. The molecule has 1 aromatic carbocycles. The topological polar surface area (TPSA) is 43.7 Å². The second kappa shape index (κ2) is 5.49. The fraction of sp³-hybridized carbons (Fsp3) is 0.385. The third-order valence-electron chi connectivity index (χ3n) is 3.16. The van der Waals surface area contributed by atoms with Crippen LogP contribution in [0, 0.1) is 5.92 Å². The molecule has 2 N–H and O–H groups in total. The van der Waals surface area contributed by atoms with E-state index in [1.165, 1.54) is 4.90 Å². The van der Waals surface area contributed by atoms with E-state index in [1.807, 2.05) is 0 Å². The molecule has 1 aliphatic heterocycles. The van der Waals surface area contributed by atoms with Gasteiger partial charge in [-0.2, -0.15) is 0 Å². The standard InChI is InChI=1S/C13H15Cl2NO2/c1-2-3-8-4-12(17)16(13(8)18)11-6-9(14)5-10(15)7-11/h2,5-8,12-13,17-18H,1,3-4H2. The van der Waals surface area contributed by atoms with Crippen molar-refractivity contribution < 1.29 is 10.2 Å². The number of hydrogen-bond donors (Lipinski definition) is 2. The van der Waals surface area contributed by atoms with Crippen LogP contribution in [0.25, 0.3) is 0 Å². The maximum atomic E-state index is 10.2. The minimum atomic E-state index is -0.757. The number of hydrogen-bond acceptors (Lipinski definition) is 3. The normalized spacial score (nSPS) is 27.6. The van der Waals surface area contributed by atoms with E-state index >= 15 is 0 Å². The molecule has 18 heavy (non-hydrogen) atoms. The van der Waals surface area contributed by atoms with Crippen LogP contribution in [0.5, 0.6) is 0 Å². The van der Waals surface area contributed by atoms with Gasteiger partial charge in [0.1, 0.15) is 12.5 Å². The fourth-order valence-corrected chi connectivity index (χ4v) is 2.87. The van der Waals surface area contributed by atoms with E-state index in [0.29, 0.717) is 28.6 Å². The van der Waals surface area contributed by atoms with Crippen molar-refractivity contribution in [2.75, 3.05) is 4.90 Å². The highest BCUT2D eigenvalue weighted by Crippen LogP contribution is 2.36. The Bertz CT molecular complexity index is 432. The maximum Gasteiger partial charge on any atom is 0.132 e. The molecule has 1 aliphatic rings. The molecule has 1 fully saturated rings. The van der Waals surface area contributed by atoms with E-state index in [-0.39, 0.29) is 5.92 Å². The Morgan fingerprint density at radius 1 is 1.28 bits per heavy atom. The van der Waals surface area contributed by atoms with Crippen LogP contribution in [0.15, 0.2) is 30.9 Å². The van der Waals surface area contributed by atoms with E-state index in [2.05, 4.69) is 6.58 Å². The predicted octanol–water partition coefficient (Wildman–Crippen LogP) is 3.03. The molecule has 1 aromatic rings. The molecular weight excluding hydrogens is 273 g/mol. The fourth-order valence-electron chi connectivity index (χ4n) is 2.35. The molecule has 0 aromatic heterocycles. The summed E-state index contributed by atoms with van der Waals surface area (Å²) in [5.41, 5.74) is 0.624. The summed E-state index contributed by atoms with van der Waals surface area (Å²) < 4.78 is 0. The van der Waals surface area contributed by atoms with Gasteiger partial charge in [-0.15, -0.1) is 6.58 Å². The highest BCUT2D eigenvalue weighted by Gasteiger charge is 2.38. The Labute approximate surface area is 116 Å². The Balaban J connectivity index is 2.29. The summed E-state index contributed by atoms with van der Waals surface area (Å²) in [6, 6.07) is 4.97. The number of aliphatic hydroxyl groups is 2. The summed E-state index contributed by atoms with van der Waals surface area (Å²) >= 11 is 11.9. The van der Waals surface area contributed by atoms with Crippen molar-refractivity contribution in [1.82, 2.24) is 0 Å². The van der Waals surface area contributed by atoms with Crippen LogP contribution in [0.3, 0.4) is 0 Å². The molecule has 0 saturated carbocycles. The van der Waals surface area contributed by atoms with E-state index in [4.69, 9.17) is 23.2 Å². The number of aliphatic hydroxyl groups excluding tert-OH is 2. The van der Waals surface area contributed by atoms with Crippen LogP contribution in [0.1, 0.15) is 12.8 Å². The Kier molecular flexibility index (Phi) is 4.17. The lowest BCUT2D eigenvalue weighted by Crippen LogP contribution is -2.37. The summed E-state index contributed by atoms with van der Waals surface area (Å²) in [6.07, 6.45) is 1.40. The molecule has 3 unspecified atom stereocenters. The van der Waals surface area contributed by atoms with Crippen LogP contribution in [-0.2, 0) is 0 Å². The first-order valence-electron chi connectivity index (χ1n) is 5.74. The lowest BCUT2D eigenvalue weighted by Gasteiger charge is -2.27. The van der Waals surface area contributed by atoms with Gasteiger partial charge in [-0.3, -0.25) is 0 Å². The number of rotatable bonds is 3. The number of halogens is 2. The molecule has 1 heterocycles. The zero-order valence-electron chi connectivity index (χ0n) is 9.76. The molecule has 3 nitrogen and oxygen atoms in total. The van der Waals surface area contributed by atoms with Crippen molar-refractivity contribution in [3.8, 4) is 0 Å². The average molecular weight is 288 g/mol. The summed E-state index contributed by atoms with van der Waals surface area (Å²) in [7, 11) is 0. The van der Waals surface area contributed by atoms with Crippen molar-refractivity contribution in [2.45, 2.75) is 25.3 Å². The number of benzene rings is 1. The number of allylic oxidation sites excluding steroid dienone is 1. The minimum Gasteiger partial charge on any atom is -0.374 e. The molecule has 0 amide bonds. The van der Waals surface area contributed by atoms with Gasteiger partial charge in [0.25, 0.3) is 0 Å². The third-order valence-corrected chi connectivity index (χ3v) is 3.59. The van der Waals surface area contributed by atoms with Crippen LogP contribution >= 0.6 is 23.2 Å². The molecule has 0 radical (unpaired) electrons. The van der Waals surface area contributed by atoms with Gasteiger partial charge in [0.2, 0.25) is 0 Å². The average Bonchev–Trinajstić information content (AvgIpc) is 2.53. The summed E-state index contributed by atoms with van der Waals surface area (Å²) in [4.78, 5) is 1.53. The van der Waals surface area contributed by atoms with Gasteiger partial charge in [0.15, 0.2) is 0 Å². The smallest absolute Gasteiger partial charge is 0.132 e. The maximum absolute atomic E-state index is 10.2. The first kappa shape index (κ1) is 13.7. The van der Waals surface area contributed by atoms with Crippen LogP contribution in [0.2, 0.25) is 10.0 Å². The van der Waals surface area contributed by atoms with Gasteiger partial charge in [-0.25, -0.2) is 0 Å². The van der Waals surface area contributed by atoms with Crippen molar-refractivity contribution in [3.63, 3.8) is 0 Å². The highest BCUT2D eigenvalue weighted by atomic mass is 35.5. The first-order valence-corrected chi connectivity index (χ1v) is 6.50. The van der Waals surface area contributed by atoms with E-state index < -0.39 is 12.5 Å². The zero-order valence-corrected chi connectivity index (χ0v) is 11.3. The minimum absolute atomic E-state index is 0.0322. The lowest BCUT2D eigenvalue weighted by atomic mass is 10.0.